The van der Waals surface area contributed by atoms with Crippen molar-refractivity contribution < 1.29 is 14.3 Å². The number of aromatic nitrogens is 1. The molecule has 0 saturated carbocycles. The Kier molecular flexibility index (Phi) is 5.03. The predicted octanol–water partition coefficient (Wildman–Crippen LogP) is 3.77. The molecule has 0 bridgehead atoms. The van der Waals surface area contributed by atoms with Crippen LogP contribution in [0.25, 0.3) is 0 Å². The third kappa shape index (κ3) is 3.65. The van der Waals surface area contributed by atoms with Crippen molar-refractivity contribution >= 4 is 39.3 Å². The van der Waals surface area contributed by atoms with Crippen LogP contribution >= 0.6 is 27.5 Å². The molecule has 0 aliphatic carbocycles. The quantitative estimate of drug-likeness (QED) is 0.889. The van der Waals surface area contributed by atoms with Gasteiger partial charge >= 0.3 is 0 Å². The van der Waals surface area contributed by atoms with Gasteiger partial charge in [-0.2, -0.15) is 0 Å². The lowest BCUT2D eigenvalue weighted by Gasteiger charge is -2.11. The van der Waals surface area contributed by atoms with Crippen LogP contribution in [0.4, 0.5) is 5.82 Å². The average molecular weight is 372 g/mol. The zero-order valence-electron chi connectivity index (χ0n) is 11.3. The summed E-state index contributed by atoms with van der Waals surface area (Å²) in [5.41, 5.74) is 0.349. The van der Waals surface area contributed by atoms with Gasteiger partial charge in [0.15, 0.2) is 11.5 Å². The number of benzene rings is 1. The lowest BCUT2D eigenvalue weighted by molar-refractivity contribution is 0.102. The molecule has 1 N–H and O–H groups in total. The van der Waals surface area contributed by atoms with Crippen LogP contribution in [0.1, 0.15) is 10.4 Å². The van der Waals surface area contributed by atoms with Crippen LogP contribution in [0.2, 0.25) is 5.02 Å². The van der Waals surface area contributed by atoms with Crippen molar-refractivity contribution in [2.24, 2.45) is 0 Å². The van der Waals surface area contributed by atoms with E-state index in [2.05, 4.69) is 26.2 Å². The lowest BCUT2D eigenvalue weighted by atomic mass is 10.2. The number of carbonyl (C=O) groups excluding carboxylic acids is 1. The largest absolute Gasteiger partial charge is 0.493 e. The summed E-state index contributed by atoms with van der Waals surface area (Å²) in [4.78, 5) is 16.3. The Morgan fingerprint density at radius 3 is 2.62 bits per heavy atom. The molecule has 21 heavy (non-hydrogen) atoms. The van der Waals surface area contributed by atoms with Gasteiger partial charge in [-0.25, -0.2) is 4.98 Å². The minimum atomic E-state index is -0.340. The number of nitrogens with one attached hydrogen (secondary N) is 1. The number of carbonyl (C=O) groups is 1. The maximum absolute atomic E-state index is 12.2. The summed E-state index contributed by atoms with van der Waals surface area (Å²) in [5, 5.41) is 2.97. The van der Waals surface area contributed by atoms with Crippen molar-refractivity contribution in [2.45, 2.75) is 0 Å². The minimum absolute atomic E-state index is 0.297. The molecule has 2 aromatic rings. The number of rotatable bonds is 4. The van der Waals surface area contributed by atoms with Crippen LogP contribution in [0.5, 0.6) is 11.5 Å². The van der Waals surface area contributed by atoms with E-state index in [1.165, 1.54) is 20.3 Å². The third-order valence-electron chi connectivity index (χ3n) is 2.66. The molecular weight excluding hydrogens is 360 g/mol. The molecule has 5 nitrogen and oxygen atoms in total. The van der Waals surface area contributed by atoms with E-state index in [4.69, 9.17) is 21.1 Å². The standard InChI is InChI=1S/C14H12BrClN2O3/c1-20-11-6-8(5-10(16)13(11)21-2)14(19)18-12-4-3-9(15)7-17-12/h3-7H,1-2H3,(H,17,18,19). The minimum Gasteiger partial charge on any atom is -0.493 e. The van der Waals surface area contributed by atoms with E-state index >= 15 is 0 Å². The number of hydrogen-bond acceptors (Lipinski definition) is 4. The first-order valence-corrected chi connectivity index (χ1v) is 7.06. The highest BCUT2D eigenvalue weighted by molar-refractivity contribution is 9.10. The average Bonchev–Trinajstić information content (AvgIpc) is 2.48. The van der Waals surface area contributed by atoms with Gasteiger partial charge < -0.3 is 14.8 Å². The van der Waals surface area contributed by atoms with Gasteiger partial charge in [-0.3, -0.25) is 4.79 Å². The molecule has 0 aliphatic rings. The SMILES string of the molecule is COc1cc(C(=O)Nc2ccc(Br)cn2)cc(Cl)c1OC. The van der Waals surface area contributed by atoms with Gasteiger partial charge in [-0.15, -0.1) is 0 Å². The number of hydrogen-bond donors (Lipinski definition) is 1. The van der Waals surface area contributed by atoms with Crippen molar-refractivity contribution in [3.63, 3.8) is 0 Å². The number of halogens is 2. The van der Waals surface area contributed by atoms with Crippen molar-refractivity contribution in [1.82, 2.24) is 4.98 Å². The van der Waals surface area contributed by atoms with E-state index in [0.717, 1.165) is 4.47 Å². The zero-order valence-corrected chi connectivity index (χ0v) is 13.7. The molecule has 0 unspecified atom stereocenters. The van der Waals surface area contributed by atoms with Crippen LogP contribution in [-0.4, -0.2) is 25.1 Å². The number of anilines is 1. The Bertz CT molecular complexity index is 662. The molecule has 0 aliphatic heterocycles. The van der Waals surface area contributed by atoms with Crippen LogP contribution < -0.4 is 14.8 Å². The number of pyridine rings is 1. The molecule has 0 fully saturated rings. The van der Waals surface area contributed by atoms with Crippen molar-refractivity contribution in [2.75, 3.05) is 19.5 Å². The molecule has 1 aromatic heterocycles. The first-order chi connectivity index (χ1) is 10.0. The predicted molar refractivity (Wildman–Crippen MR) is 84.4 cm³/mol. The number of ether oxygens (including phenoxy) is 2. The van der Waals surface area contributed by atoms with Gasteiger partial charge in [-0.05, 0) is 40.2 Å². The Morgan fingerprint density at radius 2 is 2.05 bits per heavy atom. The Hall–Kier alpha value is -1.79. The second-order valence-corrected chi connectivity index (χ2v) is 5.33. The maximum atomic E-state index is 12.2. The van der Waals surface area contributed by atoms with Crippen molar-refractivity contribution in [3.8, 4) is 11.5 Å². The summed E-state index contributed by atoms with van der Waals surface area (Å²) in [6.07, 6.45) is 1.59. The van der Waals surface area contributed by atoms with E-state index in [-0.39, 0.29) is 5.91 Å². The number of nitrogens with zero attached hydrogens (tertiary/aromatic N) is 1. The highest BCUT2D eigenvalue weighted by atomic mass is 79.9. The van der Waals surface area contributed by atoms with E-state index in [1.807, 2.05) is 0 Å². The second-order valence-electron chi connectivity index (χ2n) is 4.01. The lowest BCUT2D eigenvalue weighted by Crippen LogP contribution is -2.13. The van der Waals surface area contributed by atoms with Gasteiger partial charge in [0.1, 0.15) is 5.82 Å². The van der Waals surface area contributed by atoms with Gasteiger partial charge in [0, 0.05) is 16.2 Å². The van der Waals surface area contributed by atoms with Gasteiger partial charge in [-0.1, -0.05) is 11.6 Å². The Morgan fingerprint density at radius 1 is 1.29 bits per heavy atom. The van der Waals surface area contributed by atoms with E-state index in [1.54, 1.807) is 24.4 Å². The number of amides is 1. The molecule has 0 saturated heterocycles. The molecule has 1 heterocycles. The highest BCUT2D eigenvalue weighted by Gasteiger charge is 2.15. The smallest absolute Gasteiger partial charge is 0.257 e. The van der Waals surface area contributed by atoms with Crippen molar-refractivity contribution in [3.05, 3.63) is 45.5 Å². The topological polar surface area (TPSA) is 60.5 Å². The van der Waals surface area contributed by atoms with Crippen LogP contribution in [0, 0.1) is 0 Å². The molecular formula is C14H12BrClN2O3. The fraction of sp³-hybridized carbons (Fsp3) is 0.143. The summed E-state index contributed by atoms with van der Waals surface area (Å²) in [6.45, 7) is 0. The van der Waals surface area contributed by atoms with Crippen molar-refractivity contribution in [1.29, 1.82) is 0 Å². The number of methoxy groups -OCH3 is 2. The fourth-order valence-electron chi connectivity index (χ4n) is 1.69. The zero-order chi connectivity index (χ0) is 15.4. The second kappa shape index (κ2) is 6.78. The molecule has 2 rings (SSSR count). The van der Waals surface area contributed by atoms with Gasteiger partial charge in [0.05, 0.1) is 19.2 Å². The third-order valence-corrected chi connectivity index (χ3v) is 3.41. The van der Waals surface area contributed by atoms with E-state index < -0.39 is 0 Å². The summed E-state index contributed by atoms with van der Waals surface area (Å²) in [6, 6.07) is 6.53. The summed E-state index contributed by atoms with van der Waals surface area (Å²) < 4.78 is 11.1. The maximum Gasteiger partial charge on any atom is 0.257 e. The first-order valence-electron chi connectivity index (χ1n) is 5.89. The van der Waals surface area contributed by atoms with Gasteiger partial charge in [0.2, 0.25) is 0 Å². The molecule has 0 atom stereocenters. The molecule has 110 valence electrons. The van der Waals surface area contributed by atoms with Crippen LogP contribution in [-0.2, 0) is 0 Å². The summed E-state index contributed by atoms with van der Waals surface area (Å²) in [7, 11) is 2.96. The normalized spacial score (nSPS) is 10.1. The summed E-state index contributed by atoms with van der Waals surface area (Å²) in [5.74, 6) is 0.873. The molecule has 0 radical (unpaired) electrons. The van der Waals surface area contributed by atoms with Gasteiger partial charge in [0.25, 0.3) is 5.91 Å². The van der Waals surface area contributed by atoms with E-state index in [0.29, 0.717) is 27.9 Å². The fourth-order valence-corrected chi connectivity index (χ4v) is 2.21. The van der Waals surface area contributed by atoms with Crippen LogP contribution in [0.3, 0.4) is 0 Å². The molecule has 7 heteroatoms. The highest BCUT2D eigenvalue weighted by Crippen LogP contribution is 2.36. The molecule has 1 amide bonds. The first kappa shape index (κ1) is 15.6. The van der Waals surface area contributed by atoms with Crippen LogP contribution in [0.15, 0.2) is 34.9 Å². The molecule has 1 aromatic carbocycles. The monoisotopic (exact) mass is 370 g/mol. The summed E-state index contributed by atoms with van der Waals surface area (Å²) >= 11 is 9.35. The molecule has 0 spiro atoms. The Labute approximate surface area is 135 Å². The van der Waals surface area contributed by atoms with E-state index in [9.17, 15) is 4.79 Å². The Balaban J connectivity index is 2.27.